The molecule has 0 saturated carbocycles. The van der Waals surface area contributed by atoms with E-state index < -0.39 is 6.10 Å². The Kier molecular flexibility index (Phi) is 5.86. The van der Waals surface area contributed by atoms with Gasteiger partial charge in [-0.1, -0.05) is 39.7 Å². The van der Waals surface area contributed by atoms with Gasteiger partial charge in [-0.25, -0.2) is 4.98 Å². The lowest BCUT2D eigenvalue weighted by molar-refractivity contribution is 0.0198. The van der Waals surface area contributed by atoms with Crippen molar-refractivity contribution in [3.05, 3.63) is 74.2 Å². The number of nitrogens with zero attached hydrogens (tertiary/aromatic N) is 2. The lowest BCUT2D eigenvalue weighted by Gasteiger charge is -2.13. The maximum atomic E-state index is 12.5. The number of hydrogen-bond donors (Lipinski definition) is 1. The standard InChI is InChI=1S/C18H16BrClN2O3/c19-13-3-6-17-16(7-13)18(24)22(11-21-17)8-15(23)10-25-9-12-1-4-14(20)5-2-12/h1-7,11,15,23H,8-10H2. The number of ether oxygens (including phenoxy) is 1. The number of aliphatic hydroxyl groups is 1. The van der Waals surface area contributed by atoms with Crippen molar-refractivity contribution in [2.45, 2.75) is 19.3 Å². The van der Waals surface area contributed by atoms with Crippen molar-refractivity contribution in [2.24, 2.45) is 0 Å². The van der Waals surface area contributed by atoms with E-state index in [1.54, 1.807) is 24.3 Å². The van der Waals surface area contributed by atoms with E-state index in [1.807, 2.05) is 18.2 Å². The van der Waals surface area contributed by atoms with Gasteiger partial charge in [0.25, 0.3) is 5.56 Å². The van der Waals surface area contributed by atoms with Gasteiger partial charge in [-0.05, 0) is 35.9 Å². The van der Waals surface area contributed by atoms with Crippen LogP contribution in [0.3, 0.4) is 0 Å². The average Bonchev–Trinajstić information content (AvgIpc) is 2.60. The first-order valence-corrected chi connectivity index (χ1v) is 8.85. The van der Waals surface area contributed by atoms with Crippen LogP contribution in [0.5, 0.6) is 0 Å². The minimum atomic E-state index is -0.809. The first kappa shape index (κ1) is 18.1. The van der Waals surface area contributed by atoms with Crippen LogP contribution >= 0.6 is 27.5 Å². The minimum Gasteiger partial charge on any atom is -0.389 e. The Bertz CT molecular complexity index is 928. The number of rotatable bonds is 6. The van der Waals surface area contributed by atoms with Gasteiger partial charge in [0.2, 0.25) is 0 Å². The zero-order valence-corrected chi connectivity index (χ0v) is 15.6. The molecule has 5 nitrogen and oxygen atoms in total. The van der Waals surface area contributed by atoms with Crippen LogP contribution in [0.15, 0.2) is 58.1 Å². The highest BCUT2D eigenvalue weighted by molar-refractivity contribution is 9.10. The number of aromatic nitrogens is 2. The predicted octanol–water partition coefficient (Wildman–Crippen LogP) is 3.39. The molecule has 25 heavy (non-hydrogen) atoms. The van der Waals surface area contributed by atoms with Crippen LogP contribution in [0.1, 0.15) is 5.56 Å². The molecule has 1 atom stereocenters. The minimum absolute atomic E-state index is 0.117. The molecule has 1 unspecified atom stereocenters. The molecule has 1 heterocycles. The van der Waals surface area contributed by atoms with Gasteiger partial charge in [-0.3, -0.25) is 9.36 Å². The molecule has 0 aliphatic carbocycles. The summed E-state index contributed by atoms with van der Waals surface area (Å²) >= 11 is 9.18. The molecule has 0 bridgehead atoms. The zero-order valence-electron chi connectivity index (χ0n) is 13.2. The lowest BCUT2D eigenvalue weighted by Crippen LogP contribution is -2.29. The van der Waals surface area contributed by atoms with Crippen molar-refractivity contribution >= 4 is 38.4 Å². The summed E-state index contributed by atoms with van der Waals surface area (Å²) in [6.07, 6.45) is 0.637. The Labute approximate surface area is 158 Å². The molecule has 1 aromatic heterocycles. The molecule has 0 saturated heterocycles. The summed E-state index contributed by atoms with van der Waals surface area (Å²) in [5.74, 6) is 0. The molecule has 0 aliphatic rings. The maximum Gasteiger partial charge on any atom is 0.261 e. The van der Waals surface area contributed by atoms with Crippen molar-refractivity contribution in [1.29, 1.82) is 0 Å². The number of benzene rings is 2. The quantitative estimate of drug-likeness (QED) is 0.660. The van der Waals surface area contributed by atoms with E-state index in [0.29, 0.717) is 22.5 Å². The first-order chi connectivity index (χ1) is 12.0. The zero-order chi connectivity index (χ0) is 17.8. The van der Waals surface area contributed by atoms with Crippen LogP contribution in [0.2, 0.25) is 5.02 Å². The van der Waals surface area contributed by atoms with Crippen LogP contribution in [-0.2, 0) is 17.9 Å². The SMILES string of the molecule is O=c1c2cc(Br)ccc2ncn1CC(O)COCc1ccc(Cl)cc1. The summed E-state index contributed by atoms with van der Waals surface area (Å²) in [5, 5.41) is 11.3. The highest BCUT2D eigenvalue weighted by atomic mass is 79.9. The molecule has 0 amide bonds. The van der Waals surface area contributed by atoms with Crippen molar-refractivity contribution < 1.29 is 9.84 Å². The predicted molar refractivity (Wildman–Crippen MR) is 101 cm³/mol. The van der Waals surface area contributed by atoms with Crippen molar-refractivity contribution in [3.8, 4) is 0 Å². The number of halogens is 2. The average molecular weight is 424 g/mol. The largest absolute Gasteiger partial charge is 0.389 e. The van der Waals surface area contributed by atoms with E-state index in [9.17, 15) is 9.90 Å². The Morgan fingerprint density at radius 1 is 1.24 bits per heavy atom. The maximum absolute atomic E-state index is 12.5. The summed E-state index contributed by atoms with van der Waals surface area (Å²) in [6, 6.07) is 12.6. The van der Waals surface area contributed by atoms with E-state index in [4.69, 9.17) is 16.3 Å². The topological polar surface area (TPSA) is 64.4 Å². The molecule has 7 heteroatoms. The number of hydrogen-bond acceptors (Lipinski definition) is 4. The molecule has 1 N–H and O–H groups in total. The molecule has 0 radical (unpaired) electrons. The molecule has 2 aromatic carbocycles. The molecule has 0 fully saturated rings. The molecular formula is C18H16BrClN2O3. The van der Waals surface area contributed by atoms with Gasteiger partial charge in [-0.15, -0.1) is 0 Å². The van der Waals surface area contributed by atoms with E-state index in [0.717, 1.165) is 10.0 Å². The summed E-state index contributed by atoms with van der Waals surface area (Å²) < 4.78 is 7.71. The second-order valence-electron chi connectivity index (χ2n) is 5.66. The third-order valence-corrected chi connectivity index (χ3v) is 4.43. The van der Waals surface area contributed by atoms with Crippen LogP contribution in [0.25, 0.3) is 10.9 Å². The molecule has 0 aliphatic heterocycles. The number of aliphatic hydroxyl groups excluding tert-OH is 1. The smallest absolute Gasteiger partial charge is 0.261 e. The normalized spacial score (nSPS) is 12.4. The third kappa shape index (κ3) is 4.67. The monoisotopic (exact) mass is 422 g/mol. The van der Waals surface area contributed by atoms with Crippen molar-refractivity contribution in [1.82, 2.24) is 9.55 Å². The second kappa shape index (κ2) is 8.10. The summed E-state index contributed by atoms with van der Waals surface area (Å²) in [5.41, 5.74) is 1.40. The van der Waals surface area contributed by atoms with Crippen LogP contribution in [-0.4, -0.2) is 27.4 Å². The lowest BCUT2D eigenvalue weighted by atomic mass is 10.2. The highest BCUT2D eigenvalue weighted by Crippen LogP contribution is 2.15. The third-order valence-electron chi connectivity index (χ3n) is 3.69. The highest BCUT2D eigenvalue weighted by Gasteiger charge is 2.10. The molecule has 3 rings (SSSR count). The van der Waals surface area contributed by atoms with E-state index in [2.05, 4.69) is 20.9 Å². The molecule has 0 spiro atoms. The Morgan fingerprint density at radius 3 is 2.76 bits per heavy atom. The fourth-order valence-corrected chi connectivity index (χ4v) is 2.92. The first-order valence-electron chi connectivity index (χ1n) is 7.68. The van der Waals surface area contributed by atoms with E-state index in [1.165, 1.54) is 10.9 Å². The summed E-state index contributed by atoms with van der Waals surface area (Å²) in [6.45, 7) is 0.604. The Hall–Kier alpha value is -1.73. The van der Waals surface area contributed by atoms with E-state index in [-0.39, 0.29) is 18.7 Å². The molecule has 3 aromatic rings. The summed E-state index contributed by atoms with van der Waals surface area (Å²) in [4.78, 5) is 16.7. The Balaban J connectivity index is 1.61. The Morgan fingerprint density at radius 2 is 2.00 bits per heavy atom. The van der Waals surface area contributed by atoms with Gasteiger partial charge in [0, 0.05) is 9.50 Å². The van der Waals surface area contributed by atoms with Gasteiger partial charge >= 0.3 is 0 Å². The van der Waals surface area contributed by atoms with Crippen LogP contribution < -0.4 is 5.56 Å². The van der Waals surface area contributed by atoms with Gasteiger partial charge in [0.1, 0.15) is 0 Å². The van der Waals surface area contributed by atoms with Gasteiger partial charge in [0.15, 0.2) is 0 Å². The molecular weight excluding hydrogens is 408 g/mol. The van der Waals surface area contributed by atoms with Gasteiger partial charge in [-0.2, -0.15) is 0 Å². The molecule has 130 valence electrons. The fraction of sp³-hybridized carbons (Fsp3) is 0.222. The van der Waals surface area contributed by atoms with E-state index >= 15 is 0 Å². The van der Waals surface area contributed by atoms with Gasteiger partial charge < -0.3 is 9.84 Å². The van der Waals surface area contributed by atoms with Crippen molar-refractivity contribution in [3.63, 3.8) is 0 Å². The van der Waals surface area contributed by atoms with Crippen LogP contribution in [0, 0.1) is 0 Å². The van der Waals surface area contributed by atoms with Crippen LogP contribution in [0.4, 0.5) is 0 Å². The number of fused-ring (bicyclic) bond motifs is 1. The van der Waals surface area contributed by atoms with Crippen molar-refractivity contribution in [2.75, 3.05) is 6.61 Å². The fourth-order valence-electron chi connectivity index (χ4n) is 2.43. The van der Waals surface area contributed by atoms with Gasteiger partial charge in [0.05, 0.1) is 43.1 Å². The summed E-state index contributed by atoms with van der Waals surface area (Å²) in [7, 11) is 0. The second-order valence-corrected chi connectivity index (χ2v) is 7.01.